The average Bonchev–Trinajstić information content (AvgIpc) is 3.09. The molecule has 1 aromatic rings. The van der Waals surface area contributed by atoms with Crippen molar-refractivity contribution >= 4 is 47.2 Å². The van der Waals surface area contributed by atoms with Gasteiger partial charge in [-0.05, 0) is 36.6 Å². The van der Waals surface area contributed by atoms with E-state index in [2.05, 4.69) is 27.1 Å². The quantitative estimate of drug-likeness (QED) is 0.362. The second-order valence-corrected chi connectivity index (χ2v) is 5.74. The van der Waals surface area contributed by atoms with Crippen LogP contribution in [0, 0.1) is 5.92 Å². The summed E-state index contributed by atoms with van der Waals surface area (Å²) in [5, 5.41) is 7.91. The van der Waals surface area contributed by atoms with Crippen LogP contribution in [-0.2, 0) is 11.2 Å². The van der Waals surface area contributed by atoms with E-state index in [1.165, 1.54) is 17.7 Å². The highest BCUT2D eigenvalue weighted by Crippen LogP contribution is 2.27. The van der Waals surface area contributed by atoms with E-state index < -0.39 is 0 Å². The van der Waals surface area contributed by atoms with Crippen molar-refractivity contribution in [1.82, 2.24) is 10.6 Å². The Morgan fingerprint density at radius 3 is 2.90 bits per heavy atom. The lowest BCUT2D eigenvalue weighted by atomic mass is 10.3. The summed E-state index contributed by atoms with van der Waals surface area (Å²) in [5.41, 5.74) is 5.69. The molecule has 2 rings (SSSR count). The van der Waals surface area contributed by atoms with Crippen molar-refractivity contribution in [2.24, 2.45) is 16.6 Å². The normalized spacial score (nSPS) is 14.5. The Kier molecular flexibility index (Phi) is 7.90. The summed E-state index contributed by atoms with van der Waals surface area (Å²) in [4.78, 5) is 16.8. The molecule has 1 fully saturated rings. The Hall–Kier alpha value is -0.830. The molecule has 0 aromatic carbocycles. The van der Waals surface area contributed by atoms with Crippen molar-refractivity contribution in [3.63, 3.8) is 0 Å². The summed E-state index contributed by atoms with van der Waals surface area (Å²) in [6.07, 6.45) is 3.38. The Morgan fingerprint density at radius 2 is 2.25 bits per heavy atom. The van der Waals surface area contributed by atoms with E-state index in [4.69, 9.17) is 5.73 Å². The second-order valence-electron chi connectivity index (χ2n) is 4.71. The van der Waals surface area contributed by atoms with E-state index >= 15 is 0 Å². The summed E-state index contributed by atoms with van der Waals surface area (Å²) in [5.74, 6) is 0.960. The zero-order valence-electron chi connectivity index (χ0n) is 11.3. The summed E-state index contributed by atoms with van der Waals surface area (Å²) in [7, 11) is 0. The molecule has 1 aliphatic carbocycles. The number of nitrogens with two attached hydrogens (primary N) is 1. The fraction of sp³-hybridized carbons (Fsp3) is 0.538. The summed E-state index contributed by atoms with van der Waals surface area (Å²) in [6.45, 7) is 1.62. The molecule has 0 unspecified atom stereocenters. The monoisotopic (exact) mass is 408 g/mol. The predicted molar refractivity (Wildman–Crippen MR) is 93.7 cm³/mol. The Labute approximate surface area is 140 Å². The number of carbonyl (C=O) groups is 1. The molecule has 0 bridgehead atoms. The molecule has 1 aliphatic rings. The lowest BCUT2D eigenvalue weighted by molar-refractivity contribution is -0.119. The molecule has 0 radical (unpaired) electrons. The number of nitrogens with zero attached hydrogens (tertiary/aromatic N) is 1. The van der Waals surface area contributed by atoms with Gasteiger partial charge >= 0.3 is 0 Å². The van der Waals surface area contributed by atoms with Gasteiger partial charge in [0.05, 0.1) is 0 Å². The molecular formula is C13H21IN4OS. The first kappa shape index (κ1) is 17.2. The Balaban J connectivity index is 0.00000200. The van der Waals surface area contributed by atoms with E-state index in [-0.39, 0.29) is 36.4 Å². The maximum absolute atomic E-state index is 11.4. The van der Waals surface area contributed by atoms with Gasteiger partial charge in [0.2, 0.25) is 5.91 Å². The highest BCUT2D eigenvalue weighted by Gasteiger charge is 2.21. The summed E-state index contributed by atoms with van der Waals surface area (Å²) >= 11 is 1.72. The molecule has 0 spiro atoms. The van der Waals surface area contributed by atoms with Crippen LogP contribution in [0.3, 0.4) is 0 Å². The van der Waals surface area contributed by atoms with Gasteiger partial charge in [-0.3, -0.25) is 4.79 Å². The summed E-state index contributed by atoms with van der Waals surface area (Å²) < 4.78 is 0. The number of aliphatic imine (C=N–C) groups is 1. The third-order valence-corrected chi connectivity index (χ3v) is 3.87. The number of amides is 1. The van der Waals surface area contributed by atoms with Crippen LogP contribution in [-0.4, -0.2) is 31.5 Å². The molecule has 5 nitrogen and oxygen atoms in total. The van der Waals surface area contributed by atoms with Crippen molar-refractivity contribution in [2.45, 2.75) is 19.3 Å². The highest BCUT2D eigenvalue weighted by molar-refractivity contribution is 14.0. The van der Waals surface area contributed by atoms with Gasteiger partial charge in [-0.15, -0.1) is 35.3 Å². The van der Waals surface area contributed by atoms with Crippen LogP contribution in [0.1, 0.15) is 17.7 Å². The zero-order chi connectivity index (χ0) is 13.5. The van der Waals surface area contributed by atoms with Gasteiger partial charge in [0.25, 0.3) is 0 Å². The van der Waals surface area contributed by atoms with Crippen LogP contribution in [0.4, 0.5) is 0 Å². The van der Waals surface area contributed by atoms with Crippen molar-refractivity contribution in [3.05, 3.63) is 22.4 Å². The number of hydrogen-bond donors (Lipinski definition) is 3. The largest absolute Gasteiger partial charge is 0.370 e. The molecule has 20 heavy (non-hydrogen) atoms. The maximum atomic E-state index is 11.4. The third-order valence-electron chi connectivity index (χ3n) is 2.94. The van der Waals surface area contributed by atoms with Crippen LogP contribution in [0.2, 0.25) is 0 Å². The minimum atomic E-state index is -0.0603. The maximum Gasteiger partial charge on any atom is 0.241 e. The zero-order valence-corrected chi connectivity index (χ0v) is 14.4. The molecule has 0 saturated heterocycles. The lowest BCUT2D eigenvalue weighted by Crippen LogP contribution is -2.35. The number of halogens is 1. The molecule has 112 valence electrons. The molecule has 7 heteroatoms. The summed E-state index contributed by atoms with van der Waals surface area (Å²) in [6, 6.07) is 4.12. The number of nitrogens with one attached hydrogen (secondary N) is 2. The van der Waals surface area contributed by atoms with E-state index in [1.807, 2.05) is 6.07 Å². The van der Waals surface area contributed by atoms with Gasteiger partial charge in [-0.1, -0.05) is 6.07 Å². The van der Waals surface area contributed by atoms with Gasteiger partial charge in [0, 0.05) is 18.0 Å². The van der Waals surface area contributed by atoms with Crippen LogP contribution >= 0.6 is 35.3 Å². The standard InChI is InChI=1S/C13H20N4OS.HI/c14-13(15-6-5-11-2-1-7-19-11)17-9-12(18)16-8-10-3-4-10;/h1-2,7,10H,3-6,8-9H2,(H,16,18)(H3,14,15,17);1H. The minimum absolute atomic E-state index is 0. The average molecular weight is 408 g/mol. The SMILES string of the molecule is I.NC(=NCC(=O)NCC1CC1)NCCc1cccs1. The van der Waals surface area contributed by atoms with Crippen molar-refractivity contribution in [2.75, 3.05) is 19.6 Å². The number of carbonyl (C=O) groups excluding carboxylic acids is 1. The predicted octanol–water partition coefficient (Wildman–Crippen LogP) is 1.34. The molecule has 1 amide bonds. The van der Waals surface area contributed by atoms with E-state index in [1.54, 1.807) is 11.3 Å². The second kappa shape index (κ2) is 9.17. The molecular weight excluding hydrogens is 387 g/mol. The molecule has 1 heterocycles. The van der Waals surface area contributed by atoms with Crippen LogP contribution < -0.4 is 16.4 Å². The number of hydrogen-bond acceptors (Lipinski definition) is 3. The number of guanidine groups is 1. The fourth-order valence-electron chi connectivity index (χ4n) is 1.62. The van der Waals surface area contributed by atoms with E-state index in [9.17, 15) is 4.79 Å². The van der Waals surface area contributed by atoms with Crippen LogP contribution in [0.15, 0.2) is 22.5 Å². The van der Waals surface area contributed by atoms with Gasteiger partial charge in [0.15, 0.2) is 5.96 Å². The first-order chi connectivity index (χ1) is 9.24. The van der Waals surface area contributed by atoms with Gasteiger partial charge < -0.3 is 16.4 Å². The smallest absolute Gasteiger partial charge is 0.241 e. The Morgan fingerprint density at radius 1 is 1.45 bits per heavy atom. The molecule has 4 N–H and O–H groups in total. The first-order valence-electron chi connectivity index (χ1n) is 6.57. The van der Waals surface area contributed by atoms with E-state index in [0.717, 1.165) is 19.5 Å². The Bertz CT molecular complexity index is 432. The first-order valence-corrected chi connectivity index (χ1v) is 7.45. The van der Waals surface area contributed by atoms with Gasteiger partial charge in [-0.25, -0.2) is 4.99 Å². The molecule has 1 aromatic heterocycles. The van der Waals surface area contributed by atoms with Crippen LogP contribution in [0.25, 0.3) is 0 Å². The fourth-order valence-corrected chi connectivity index (χ4v) is 2.33. The molecule has 0 atom stereocenters. The molecule has 1 saturated carbocycles. The topological polar surface area (TPSA) is 79.5 Å². The van der Waals surface area contributed by atoms with Crippen molar-refractivity contribution in [3.8, 4) is 0 Å². The molecule has 0 aliphatic heterocycles. The van der Waals surface area contributed by atoms with Crippen molar-refractivity contribution in [1.29, 1.82) is 0 Å². The lowest BCUT2D eigenvalue weighted by Gasteiger charge is -2.05. The van der Waals surface area contributed by atoms with Gasteiger partial charge in [0.1, 0.15) is 6.54 Å². The highest BCUT2D eigenvalue weighted by atomic mass is 127. The number of rotatable bonds is 7. The third kappa shape index (κ3) is 7.09. The van der Waals surface area contributed by atoms with Crippen LogP contribution in [0.5, 0.6) is 0 Å². The van der Waals surface area contributed by atoms with Crippen molar-refractivity contribution < 1.29 is 4.79 Å². The van der Waals surface area contributed by atoms with E-state index in [0.29, 0.717) is 11.9 Å². The number of thiophene rings is 1. The minimum Gasteiger partial charge on any atom is -0.370 e. The van der Waals surface area contributed by atoms with Gasteiger partial charge in [-0.2, -0.15) is 0 Å².